The van der Waals surface area contributed by atoms with Crippen LogP contribution in [0.15, 0.2) is 24.3 Å². The molecule has 1 fully saturated rings. The van der Waals surface area contributed by atoms with E-state index in [1.807, 2.05) is 0 Å². The predicted molar refractivity (Wildman–Crippen MR) is 103 cm³/mol. The van der Waals surface area contributed by atoms with Crippen molar-refractivity contribution in [3.63, 3.8) is 0 Å². The summed E-state index contributed by atoms with van der Waals surface area (Å²) in [6.45, 7) is 8.97. The zero-order chi connectivity index (χ0) is 19.9. The van der Waals surface area contributed by atoms with Crippen LogP contribution < -0.4 is 16.0 Å². The van der Waals surface area contributed by atoms with Crippen LogP contribution in [0, 0.1) is 5.41 Å². The Balaban J connectivity index is 1.83. The molecule has 148 valence electrons. The first-order chi connectivity index (χ1) is 12.8. The lowest BCUT2D eigenvalue weighted by Gasteiger charge is -2.27. The molecule has 0 atom stereocenters. The molecule has 0 unspecified atom stereocenters. The highest BCUT2D eigenvalue weighted by atomic mass is 16.5. The number of rotatable bonds is 7. The summed E-state index contributed by atoms with van der Waals surface area (Å²) in [4.78, 5) is 38.2. The fraction of sp³-hybridized carbons (Fsp3) is 0.526. The second-order valence-electron chi connectivity index (χ2n) is 7.05. The van der Waals surface area contributed by atoms with E-state index in [4.69, 9.17) is 4.74 Å². The van der Waals surface area contributed by atoms with Gasteiger partial charge in [-0.05, 0) is 38.1 Å². The van der Waals surface area contributed by atoms with Crippen molar-refractivity contribution < 1.29 is 19.1 Å². The van der Waals surface area contributed by atoms with E-state index in [9.17, 15) is 14.4 Å². The molecule has 0 radical (unpaired) electrons. The number of nitrogens with one attached hydrogen (secondary N) is 3. The fourth-order valence-corrected chi connectivity index (χ4v) is 2.60. The zero-order valence-electron chi connectivity index (χ0n) is 16.1. The number of carbonyl (C=O) groups is 3. The molecule has 0 aromatic heterocycles. The molecule has 0 saturated carbocycles. The van der Waals surface area contributed by atoms with Crippen molar-refractivity contribution in [3.05, 3.63) is 24.3 Å². The monoisotopic (exact) mass is 376 g/mol. The molecule has 1 aromatic carbocycles. The van der Waals surface area contributed by atoms with E-state index in [1.165, 1.54) is 6.92 Å². The van der Waals surface area contributed by atoms with Crippen LogP contribution in [0.1, 0.15) is 20.8 Å². The Labute approximate surface area is 159 Å². The molecule has 1 aliphatic rings. The minimum atomic E-state index is -1.21. The number of nitrogens with zero attached hydrogens (tertiary/aromatic N) is 1. The Hall–Kier alpha value is -2.45. The number of benzene rings is 1. The maximum Gasteiger partial charge on any atom is 0.239 e. The van der Waals surface area contributed by atoms with Gasteiger partial charge in [-0.3, -0.25) is 19.3 Å². The second-order valence-corrected chi connectivity index (χ2v) is 7.05. The number of hydrogen-bond acceptors (Lipinski definition) is 5. The van der Waals surface area contributed by atoms with E-state index in [1.54, 1.807) is 38.1 Å². The fourth-order valence-electron chi connectivity index (χ4n) is 2.60. The second kappa shape index (κ2) is 9.48. The zero-order valence-corrected chi connectivity index (χ0v) is 16.1. The van der Waals surface area contributed by atoms with Gasteiger partial charge in [0.15, 0.2) is 0 Å². The summed E-state index contributed by atoms with van der Waals surface area (Å²) in [5, 5.41) is 8.24. The van der Waals surface area contributed by atoms with Gasteiger partial charge >= 0.3 is 0 Å². The van der Waals surface area contributed by atoms with Crippen molar-refractivity contribution in [2.45, 2.75) is 20.8 Å². The number of carbonyl (C=O) groups excluding carboxylic acids is 3. The summed E-state index contributed by atoms with van der Waals surface area (Å²) < 4.78 is 5.29. The van der Waals surface area contributed by atoms with Crippen LogP contribution in [0.2, 0.25) is 0 Å². The third-order valence-corrected chi connectivity index (χ3v) is 4.42. The lowest BCUT2D eigenvalue weighted by molar-refractivity contribution is -0.138. The van der Waals surface area contributed by atoms with E-state index < -0.39 is 11.3 Å². The van der Waals surface area contributed by atoms with Crippen molar-refractivity contribution in [2.24, 2.45) is 5.41 Å². The van der Waals surface area contributed by atoms with Crippen molar-refractivity contribution in [2.75, 3.05) is 50.0 Å². The summed E-state index contributed by atoms with van der Waals surface area (Å²) in [6, 6.07) is 6.73. The average Bonchev–Trinajstić information content (AvgIpc) is 2.63. The molecule has 2 rings (SSSR count). The molecule has 3 N–H and O–H groups in total. The van der Waals surface area contributed by atoms with Crippen LogP contribution in [-0.4, -0.2) is 62.0 Å². The third-order valence-electron chi connectivity index (χ3n) is 4.42. The predicted octanol–water partition coefficient (Wildman–Crippen LogP) is 1.06. The van der Waals surface area contributed by atoms with Crippen LogP contribution in [0.4, 0.5) is 11.4 Å². The average molecular weight is 376 g/mol. The van der Waals surface area contributed by atoms with Crippen molar-refractivity contribution in [3.8, 4) is 0 Å². The smallest absolute Gasteiger partial charge is 0.239 e. The first-order valence-electron chi connectivity index (χ1n) is 9.06. The van der Waals surface area contributed by atoms with Gasteiger partial charge in [-0.2, -0.15) is 0 Å². The summed E-state index contributed by atoms with van der Waals surface area (Å²) in [7, 11) is 0. The summed E-state index contributed by atoms with van der Waals surface area (Å²) in [5.74, 6) is -0.872. The molecule has 0 bridgehead atoms. The van der Waals surface area contributed by atoms with Gasteiger partial charge in [-0.15, -0.1) is 0 Å². The van der Waals surface area contributed by atoms with E-state index >= 15 is 0 Å². The largest absolute Gasteiger partial charge is 0.379 e. The SMILES string of the molecule is CC(=O)Nc1ccc(NC(=O)C(C)(C)C(=O)NCCN2CCOCC2)cc1. The van der Waals surface area contributed by atoms with Crippen LogP contribution in [0.25, 0.3) is 0 Å². The molecular weight excluding hydrogens is 348 g/mol. The topological polar surface area (TPSA) is 99.8 Å². The maximum atomic E-state index is 12.5. The van der Waals surface area contributed by atoms with E-state index in [0.29, 0.717) is 31.1 Å². The molecule has 1 heterocycles. The van der Waals surface area contributed by atoms with Crippen LogP contribution in [0.3, 0.4) is 0 Å². The highest BCUT2D eigenvalue weighted by molar-refractivity contribution is 6.09. The molecule has 3 amide bonds. The molecule has 1 aromatic rings. The van der Waals surface area contributed by atoms with Gasteiger partial charge in [-0.1, -0.05) is 0 Å². The molecule has 1 aliphatic heterocycles. The van der Waals surface area contributed by atoms with Gasteiger partial charge < -0.3 is 20.7 Å². The molecule has 0 aliphatic carbocycles. The van der Waals surface area contributed by atoms with E-state index in [-0.39, 0.29) is 11.8 Å². The molecule has 1 saturated heterocycles. The van der Waals surface area contributed by atoms with Crippen molar-refractivity contribution in [1.29, 1.82) is 0 Å². The highest BCUT2D eigenvalue weighted by Gasteiger charge is 2.36. The van der Waals surface area contributed by atoms with Gasteiger partial charge in [0.25, 0.3) is 0 Å². The van der Waals surface area contributed by atoms with Crippen LogP contribution in [-0.2, 0) is 19.1 Å². The van der Waals surface area contributed by atoms with Gasteiger partial charge in [-0.25, -0.2) is 0 Å². The maximum absolute atomic E-state index is 12.5. The van der Waals surface area contributed by atoms with Crippen LogP contribution >= 0.6 is 0 Å². The first-order valence-corrected chi connectivity index (χ1v) is 9.06. The normalized spacial score (nSPS) is 15.1. The summed E-state index contributed by atoms with van der Waals surface area (Å²) in [6.07, 6.45) is 0. The van der Waals surface area contributed by atoms with Crippen molar-refractivity contribution in [1.82, 2.24) is 10.2 Å². The van der Waals surface area contributed by atoms with Crippen molar-refractivity contribution >= 4 is 29.1 Å². The summed E-state index contributed by atoms with van der Waals surface area (Å²) in [5.41, 5.74) is -0.00896. The van der Waals surface area contributed by atoms with E-state index in [2.05, 4.69) is 20.9 Å². The standard InChI is InChI=1S/C19H28N4O4/c1-14(24)21-15-4-6-16(7-5-15)22-18(26)19(2,3)17(25)20-8-9-23-10-12-27-13-11-23/h4-7H,8-13H2,1-3H3,(H,20,25)(H,21,24)(H,22,26). The summed E-state index contributed by atoms with van der Waals surface area (Å²) >= 11 is 0. The number of ether oxygens (including phenoxy) is 1. The number of amides is 3. The van der Waals surface area contributed by atoms with Gasteiger partial charge in [0.1, 0.15) is 5.41 Å². The van der Waals surface area contributed by atoms with Gasteiger partial charge in [0.05, 0.1) is 13.2 Å². The molecular formula is C19H28N4O4. The first kappa shape index (κ1) is 20.9. The number of anilines is 2. The Morgan fingerprint density at radius 1 is 1.00 bits per heavy atom. The molecule has 8 heteroatoms. The lowest BCUT2D eigenvalue weighted by Crippen LogP contribution is -2.48. The number of hydrogen-bond donors (Lipinski definition) is 3. The quantitative estimate of drug-likeness (QED) is 0.618. The molecule has 0 spiro atoms. The Bertz CT molecular complexity index is 667. The molecule has 8 nitrogen and oxygen atoms in total. The highest BCUT2D eigenvalue weighted by Crippen LogP contribution is 2.20. The van der Waals surface area contributed by atoms with Gasteiger partial charge in [0, 0.05) is 44.5 Å². The minimum absolute atomic E-state index is 0.165. The molecule has 27 heavy (non-hydrogen) atoms. The third kappa shape index (κ3) is 6.33. The van der Waals surface area contributed by atoms with E-state index in [0.717, 1.165) is 19.6 Å². The number of morpholine rings is 1. The Morgan fingerprint density at radius 3 is 2.11 bits per heavy atom. The Kier molecular flexibility index (Phi) is 7.32. The van der Waals surface area contributed by atoms with Gasteiger partial charge in [0.2, 0.25) is 17.7 Å². The lowest BCUT2D eigenvalue weighted by atomic mass is 9.91. The Morgan fingerprint density at radius 2 is 1.56 bits per heavy atom. The van der Waals surface area contributed by atoms with Crippen LogP contribution in [0.5, 0.6) is 0 Å². The minimum Gasteiger partial charge on any atom is -0.379 e.